The van der Waals surface area contributed by atoms with Crippen LogP contribution in [0.5, 0.6) is 0 Å². The van der Waals surface area contributed by atoms with E-state index in [1.807, 2.05) is 6.07 Å². The smallest absolute Gasteiger partial charge is 0.250 e. The summed E-state index contributed by atoms with van der Waals surface area (Å²) >= 11 is 1.79. The summed E-state index contributed by atoms with van der Waals surface area (Å²) in [7, 11) is 0. The van der Waals surface area contributed by atoms with Gasteiger partial charge in [-0.3, -0.25) is 4.79 Å². The molecule has 1 aliphatic heterocycles. The van der Waals surface area contributed by atoms with Crippen molar-refractivity contribution in [3.8, 4) is 0 Å². The number of amides is 1. The van der Waals surface area contributed by atoms with Gasteiger partial charge < -0.3 is 16.4 Å². The number of para-hydroxylation sites is 1. The van der Waals surface area contributed by atoms with Gasteiger partial charge in [-0.05, 0) is 35.6 Å². The molecule has 98 valence electrons. The van der Waals surface area contributed by atoms with Crippen molar-refractivity contribution >= 4 is 28.6 Å². The van der Waals surface area contributed by atoms with E-state index in [-0.39, 0.29) is 0 Å². The van der Waals surface area contributed by atoms with Gasteiger partial charge >= 0.3 is 0 Å². The number of carbonyl (C=O) groups is 1. The van der Waals surface area contributed by atoms with Gasteiger partial charge in [0.05, 0.1) is 16.9 Å². The fourth-order valence-corrected chi connectivity index (χ4v) is 3.44. The second-order valence-corrected chi connectivity index (χ2v) is 5.65. The minimum atomic E-state index is -0.432. The normalized spacial score (nSPS) is 14.2. The van der Waals surface area contributed by atoms with E-state index in [9.17, 15) is 4.79 Å². The molecular formula is C14H15N3OS. The fourth-order valence-electron chi connectivity index (χ4n) is 2.55. The summed E-state index contributed by atoms with van der Waals surface area (Å²) in [5.74, 6) is -0.432. The molecular weight excluding hydrogens is 258 g/mol. The Bertz CT molecular complexity index is 635. The number of nitrogens with two attached hydrogens (primary N) is 2. The molecule has 4 N–H and O–H groups in total. The first-order valence-corrected chi connectivity index (χ1v) is 7.03. The Morgan fingerprint density at radius 1 is 1.32 bits per heavy atom. The Morgan fingerprint density at radius 3 is 2.95 bits per heavy atom. The van der Waals surface area contributed by atoms with E-state index >= 15 is 0 Å². The highest BCUT2D eigenvalue weighted by Crippen LogP contribution is 2.33. The largest absolute Gasteiger partial charge is 0.397 e. The predicted octanol–water partition coefficient (Wildman–Crippen LogP) is 1.99. The third-order valence-electron chi connectivity index (χ3n) is 3.46. The van der Waals surface area contributed by atoms with Crippen molar-refractivity contribution in [2.75, 3.05) is 17.2 Å². The van der Waals surface area contributed by atoms with Crippen LogP contribution in [-0.4, -0.2) is 12.5 Å². The van der Waals surface area contributed by atoms with Crippen LogP contribution in [-0.2, 0) is 13.0 Å². The average molecular weight is 273 g/mol. The topological polar surface area (TPSA) is 72.3 Å². The van der Waals surface area contributed by atoms with Crippen LogP contribution >= 0.6 is 11.3 Å². The monoisotopic (exact) mass is 273 g/mol. The van der Waals surface area contributed by atoms with Crippen molar-refractivity contribution in [1.29, 1.82) is 0 Å². The van der Waals surface area contributed by atoms with Crippen molar-refractivity contribution in [3.63, 3.8) is 0 Å². The lowest BCUT2D eigenvalue weighted by Crippen LogP contribution is -2.32. The van der Waals surface area contributed by atoms with Crippen molar-refractivity contribution in [1.82, 2.24) is 0 Å². The Labute approximate surface area is 115 Å². The van der Waals surface area contributed by atoms with Gasteiger partial charge in [0.15, 0.2) is 0 Å². The molecule has 0 unspecified atom stereocenters. The number of anilines is 2. The maximum atomic E-state index is 11.6. The summed E-state index contributed by atoms with van der Waals surface area (Å²) in [5, 5.41) is 2.11. The Kier molecular flexibility index (Phi) is 2.91. The number of primary amides is 1. The molecule has 0 atom stereocenters. The van der Waals surface area contributed by atoms with Crippen LogP contribution < -0.4 is 16.4 Å². The molecule has 1 amide bonds. The molecule has 4 nitrogen and oxygen atoms in total. The molecule has 0 radical (unpaired) electrons. The molecule has 2 heterocycles. The van der Waals surface area contributed by atoms with Gasteiger partial charge in [-0.2, -0.15) is 0 Å². The average Bonchev–Trinajstić information content (AvgIpc) is 2.85. The molecule has 1 aromatic heterocycles. The highest BCUT2D eigenvalue weighted by molar-refractivity contribution is 7.10. The summed E-state index contributed by atoms with van der Waals surface area (Å²) in [6, 6.07) is 7.44. The number of hydrogen-bond donors (Lipinski definition) is 2. The Balaban J connectivity index is 2.02. The first kappa shape index (κ1) is 12.0. The molecule has 0 saturated heterocycles. The third-order valence-corrected chi connectivity index (χ3v) is 4.48. The molecule has 0 bridgehead atoms. The van der Waals surface area contributed by atoms with Gasteiger partial charge in [0, 0.05) is 18.0 Å². The van der Waals surface area contributed by atoms with Crippen LogP contribution in [0.4, 0.5) is 11.4 Å². The molecule has 1 aliphatic rings. The zero-order valence-electron chi connectivity index (χ0n) is 10.4. The zero-order chi connectivity index (χ0) is 13.4. The summed E-state index contributed by atoms with van der Waals surface area (Å²) in [6.07, 6.45) is 0.986. The summed E-state index contributed by atoms with van der Waals surface area (Å²) < 4.78 is 0. The van der Waals surface area contributed by atoms with E-state index in [4.69, 9.17) is 11.5 Å². The van der Waals surface area contributed by atoms with Gasteiger partial charge in [-0.15, -0.1) is 11.3 Å². The van der Waals surface area contributed by atoms with Crippen LogP contribution in [0.25, 0.3) is 0 Å². The molecule has 0 spiro atoms. The lowest BCUT2D eigenvalue weighted by Gasteiger charge is -2.31. The third kappa shape index (κ3) is 2.06. The van der Waals surface area contributed by atoms with E-state index < -0.39 is 5.91 Å². The number of fused-ring (bicyclic) bond motifs is 1. The van der Waals surface area contributed by atoms with E-state index in [0.717, 1.165) is 25.2 Å². The molecule has 19 heavy (non-hydrogen) atoms. The molecule has 0 saturated carbocycles. The summed E-state index contributed by atoms with van der Waals surface area (Å²) in [6.45, 7) is 1.65. The number of rotatable bonds is 2. The van der Waals surface area contributed by atoms with Gasteiger partial charge in [-0.1, -0.05) is 6.07 Å². The zero-order valence-corrected chi connectivity index (χ0v) is 11.2. The maximum absolute atomic E-state index is 11.6. The van der Waals surface area contributed by atoms with Crippen LogP contribution in [0, 0.1) is 0 Å². The van der Waals surface area contributed by atoms with Crippen molar-refractivity contribution in [3.05, 3.63) is 45.6 Å². The lowest BCUT2D eigenvalue weighted by molar-refractivity contribution is 0.100. The molecule has 0 fully saturated rings. The van der Waals surface area contributed by atoms with E-state index in [1.54, 1.807) is 23.5 Å². The van der Waals surface area contributed by atoms with Crippen molar-refractivity contribution in [2.24, 2.45) is 5.73 Å². The SMILES string of the molecule is NC(=O)c1cccc(N)c1N1CCc2sccc2C1. The van der Waals surface area contributed by atoms with E-state index in [0.29, 0.717) is 11.3 Å². The van der Waals surface area contributed by atoms with E-state index in [2.05, 4.69) is 16.3 Å². The number of carbonyl (C=O) groups excluding carboxylic acids is 1. The van der Waals surface area contributed by atoms with Gasteiger partial charge in [0.2, 0.25) is 0 Å². The summed E-state index contributed by atoms with van der Waals surface area (Å²) in [5.41, 5.74) is 14.7. The second-order valence-electron chi connectivity index (χ2n) is 4.65. The number of nitrogens with zero attached hydrogens (tertiary/aromatic N) is 1. The number of benzene rings is 1. The lowest BCUT2D eigenvalue weighted by atomic mass is 10.0. The van der Waals surface area contributed by atoms with Crippen LogP contribution in [0.15, 0.2) is 29.6 Å². The summed E-state index contributed by atoms with van der Waals surface area (Å²) in [4.78, 5) is 15.1. The van der Waals surface area contributed by atoms with Crippen LogP contribution in [0.3, 0.4) is 0 Å². The minimum absolute atomic E-state index is 0.432. The standard InChI is InChI=1S/C14H15N3OS/c15-11-3-1-2-10(14(16)18)13(11)17-6-4-12-9(8-17)5-7-19-12/h1-3,5,7H,4,6,8,15H2,(H2,16,18). The Morgan fingerprint density at radius 2 is 2.16 bits per heavy atom. The maximum Gasteiger partial charge on any atom is 0.250 e. The molecule has 3 rings (SSSR count). The quantitative estimate of drug-likeness (QED) is 0.822. The highest BCUT2D eigenvalue weighted by atomic mass is 32.1. The van der Waals surface area contributed by atoms with Gasteiger partial charge in [-0.25, -0.2) is 0 Å². The second kappa shape index (κ2) is 4.59. The van der Waals surface area contributed by atoms with Crippen LogP contribution in [0.2, 0.25) is 0 Å². The van der Waals surface area contributed by atoms with Gasteiger partial charge in [0.25, 0.3) is 5.91 Å². The van der Waals surface area contributed by atoms with Gasteiger partial charge in [0.1, 0.15) is 0 Å². The molecule has 0 aliphatic carbocycles. The predicted molar refractivity (Wildman–Crippen MR) is 78.4 cm³/mol. The van der Waals surface area contributed by atoms with E-state index in [1.165, 1.54) is 10.4 Å². The number of thiophene rings is 1. The van der Waals surface area contributed by atoms with Crippen molar-refractivity contribution in [2.45, 2.75) is 13.0 Å². The Hall–Kier alpha value is -2.01. The fraction of sp³-hybridized carbons (Fsp3) is 0.214. The molecule has 2 aromatic rings. The molecule has 5 heteroatoms. The number of nitrogen functional groups attached to an aromatic ring is 1. The first-order chi connectivity index (χ1) is 9.16. The van der Waals surface area contributed by atoms with Crippen LogP contribution in [0.1, 0.15) is 20.8 Å². The molecule has 1 aromatic carbocycles. The number of hydrogen-bond acceptors (Lipinski definition) is 4. The first-order valence-electron chi connectivity index (χ1n) is 6.15. The minimum Gasteiger partial charge on any atom is -0.397 e. The van der Waals surface area contributed by atoms with Crippen molar-refractivity contribution < 1.29 is 4.79 Å². The highest BCUT2D eigenvalue weighted by Gasteiger charge is 2.22.